The number of carboxylic acid groups (broad SMARTS) is 1. The highest BCUT2D eigenvalue weighted by molar-refractivity contribution is 9.10. The van der Waals surface area contributed by atoms with Crippen molar-refractivity contribution in [2.75, 3.05) is 0 Å². The van der Waals surface area contributed by atoms with Gasteiger partial charge in [0.15, 0.2) is 0 Å². The maximum Gasteiger partial charge on any atom is 0.310 e. The quantitative estimate of drug-likeness (QED) is 0.811. The van der Waals surface area contributed by atoms with Crippen molar-refractivity contribution < 1.29 is 9.90 Å². The lowest BCUT2D eigenvalue weighted by Crippen LogP contribution is -2.33. The third-order valence-corrected chi connectivity index (χ3v) is 5.01. The van der Waals surface area contributed by atoms with Crippen LogP contribution in [-0.4, -0.2) is 21.0 Å². The average Bonchev–Trinajstić information content (AvgIpc) is 2.67. The number of nitrogens with zero attached hydrogens (tertiary/aromatic N) is 1. The fraction of sp³-hybridized carbons (Fsp3) is 0.500. The number of aromatic amines is 1. The summed E-state index contributed by atoms with van der Waals surface area (Å²) < 4.78 is 0.993. The first-order valence-corrected chi connectivity index (χ1v) is 8.26. The largest absolute Gasteiger partial charge is 0.481 e. The maximum atomic E-state index is 11.9. The smallest absolute Gasteiger partial charge is 0.310 e. The lowest BCUT2D eigenvalue weighted by molar-refractivity contribution is -0.150. The monoisotopic (exact) mass is 350 g/mol. The number of halogens is 1. The van der Waals surface area contributed by atoms with E-state index in [0.717, 1.165) is 59.9 Å². The molecule has 0 atom stereocenters. The predicted octanol–water partition coefficient (Wildman–Crippen LogP) is 4.29. The molecule has 0 unspecified atom stereocenters. The molecule has 0 amide bonds. The molecule has 1 fully saturated rings. The number of carboxylic acids is 1. The standard InChI is InChI=1S/C16H19BrN2O2/c17-11-5-6-12-13(9-11)19-14(18-12)10-16(15(20)21)7-3-1-2-4-8-16/h5-6,9H,1-4,7-8,10H2,(H,18,19)(H,20,21). The Morgan fingerprint density at radius 3 is 2.67 bits per heavy atom. The third-order valence-electron chi connectivity index (χ3n) is 4.51. The Morgan fingerprint density at radius 1 is 1.29 bits per heavy atom. The molecule has 1 aliphatic carbocycles. The van der Waals surface area contributed by atoms with E-state index in [-0.39, 0.29) is 0 Å². The summed E-state index contributed by atoms with van der Waals surface area (Å²) in [4.78, 5) is 19.7. The third kappa shape index (κ3) is 2.98. The van der Waals surface area contributed by atoms with Crippen molar-refractivity contribution in [1.82, 2.24) is 9.97 Å². The molecule has 0 spiro atoms. The minimum atomic E-state index is -0.675. The number of carbonyl (C=O) groups is 1. The van der Waals surface area contributed by atoms with Crippen LogP contribution in [0, 0.1) is 5.41 Å². The Bertz CT molecular complexity index is 657. The second kappa shape index (κ2) is 5.79. The number of nitrogens with one attached hydrogen (secondary N) is 1. The van der Waals surface area contributed by atoms with E-state index in [4.69, 9.17) is 0 Å². The van der Waals surface area contributed by atoms with E-state index in [1.807, 2.05) is 18.2 Å². The van der Waals surface area contributed by atoms with Gasteiger partial charge < -0.3 is 10.1 Å². The Labute approximate surface area is 132 Å². The van der Waals surface area contributed by atoms with Crippen molar-refractivity contribution >= 4 is 32.9 Å². The number of aliphatic carboxylic acids is 1. The molecule has 1 aromatic heterocycles. The van der Waals surface area contributed by atoms with Crippen LogP contribution in [-0.2, 0) is 11.2 Å². The molecule has 3 rings (SSSR count). The van der Waals surface area contributed by atoms with Gasteiger partial charge in [0.25, 0.3) is 0 Å². The number of hydrogen-bond donors (Lipinski definition) is 2. The molecule has 5 heteroatoms. The topological polar surface area (TPSA) is 66.0 Å². The summed E-state index contributed by atoms with van der Waals surface area (Å²) in [6, 6.07) is 5.87. The minimum absolute atomic E-state index is 0.495. The second-order valence-electron chi connectivity index (χ2n) is 6.02. The molecule has 1 aliphatic rings. The van der Waals surface area contributed by atoms with Crippen molar-refractivity contribution in [3.63, 3.8) is 0 Å². The Hall–Kier alpha value is -1.36. The summed E-state index contributed by atoms with van der Waals surface area (Å²) in [6.45, 7) is 0. The summed E-state index contributed by atoms with van der Waals surface area (Å²) in [5, 5.41) is 9.74. The zero-order valence-corrected chi connectivity index (χ0v) is 13.4. The molecule has 1 aromatic carbocycles. The van der Waals surface area contributed by atoms with Gasteiger partial charge >= 0.3 is 5.97 Å². The first kappa shape index (κ1) is 14.6. The van der Waals surface area contributed by atoms with Crippen molar-refractivity contribution in [3.05, 3.63) is 28.5 Å². The molecule has 4 nitrogen and oxygen atoms in total. The van der Waals surface area contributed by atoms with Gasteiger partial charge in [-0.05, 0) is 31.0 Å². The molecule has 0 bridgehead atoms. The number of H-pyrrole nitrogens is 1. The van der Waals surface area contributed by atoms with Gasteiger partial charge in [-0.3, -0.25) is 4.79 Å². The number of fused-ring (bicyclic) bond motifs is 1. The van der Waals surface area contributed by atoms with Crippen molar-refractivity contribution in [3.8, 4) is 0 Å². The van der Waals surface area contributed by atoms with E-state index in [1.54, 1.807) is 0 Å². The summed E-state index contributed by atoms with van der Waals surface area (Å²) in [6.07, 6.45) is 6.28. The molecule has 0 aliphatic heterocycles. The predicted molar refractivity (Wildman–Crippen MR) is 85.3 cm³/mol. The lowest BCUT2D eigenvalue weighted by atomic mass is 9.77. The van der Waals surface area contributed by atoms with Gasteiger partial charge in [-0.2, -0.15) is 0 Å². The number of benzene rings is 1. The summed E-state index contributed by atoms with van der Waals surface area (Å²) in [5.41, 5.74) is 1.19. The van der Waals surface area contributed by atoms with Gasteiger partial charge in [0.05, 0.1) is 16.4 Å². The average molecular weight is 351 g/mol. The van der Waals surface area contributed by atoms with Gasteiger partial charge in [0.2, 0.25) is 0 Å². The van der Waals surface area contributed by atoms with Crippen LogP contribution < -0.4 is 0 Å². The lowest BCUT2D eigenvalue weighted by Gasteiger charge is -2.26. The summed E-state index contributed by atoms with van der Waals surface area (Å²) in [5.74, 6) is 0.110. The molecule has 2 aromatic rings. The summed E-state index contributed by atoms with van der Waals surface area (Å²) in [7, 11) is 0. The number of hydrogen-bond acceptors (Lipinski definition) is 2. The second-order valence-corrected chi connectivity index (χ2v) is 6.94. The molecule has 1 heterocycles. The normalized spacial score (nSPS) is 18.5. The van der Waals surface area contributed by atoms with Crippen LogP contribution in [0.4, 0.5) is 0 Å². The number of aromatic nitrogens is 2. The highest BCUT2D eigenvalue weighted by Gasteiger charge is 2.39. The molecule has 0 radical (unpaired) electrons. The highest BCUT2D eigenvalue weighted by atomic mass is 79.9. The van der Waals surface area contributed by atoms with Gasteiger partial charge in [-0.1, -0.05) is 41.6 Å². The van der Waals surface area contributed by atoms with E-state index in [0.29, 0.717) is 6.42 Å². The molecular formula is C16H19BrN2O2. The zero-order valence-electron chi connectivity index (χ0n) is 11.9. The van der Waals surface area contributed by atoms with Crippen LogP contribution >= 0.6 is 15.9 Å². The van der Waals surface area contributed by atoms with Crippen LogP contribution in [0.2, 0.25) is 0 Å². The van der Waals surface area contributed by atoms with Crippen molar-refractivity contribution in [2.45, 2.75) is 44.9 Å². The summed E-state index contributed by atoms with van der Waals surface area (Å²) >= 11 is 3.44. The maximum absolute atomic E-state index is 11.9. The molecule has 0 saturated heterocycles. The fourth-order valence-electron chi connectivity index (χ4n) is 3.31. The molecule has 21 heavy (non-hydrogen) atoms. The van der Waals surface area contributed by atoms with Crippen LogP contribution in [0.25, 0.3) is 11.0 Å². The van der Waals surface area contributed by atoms with Crippen LogP contribution in [0.1, 0.15) is 44.3 Å². The van der Waals surface area contributed by atoms with E-state index in [2.05, 4.69) is 25.9 Å². The minimum Gasteiger partial charge on any atom is -0.481 e. The van der Waals surface area contributed by atoms with Crippen molar-refractivity contribution in [2.24, 2.45) is 5.41 Å². The first-order valence-electron chi connectivity index (χ1n) is 7.47. The van der Waals surface area contributed by atoms with Gasteiger partial charge in [0, 0.05) is 10.9 Å². The Kier molecular flexibility index (Phi) is 4.02. The number of imidazole rings is 1. The fourth-order valence-corrected chi connectivity index (χ4v) is 3.67. The van der Waals surface area contributed by atoms with E-state index >= 15 is 0 Å². The Morgan fingerprint density at radius 2 is 2.00 bits per heavy atom. The van der Waals surface area contributed by atoms with Crippen molar-refractivity contribution in [1.29, 1.82) is 0 Å². The van der Waals surface area contributed by atoms with E-state index < -0.39 is 11.4 Å². The van der Waals surface area contributed by atoms with Gasteiger partial charge in [0.1, 0.15) is 5.82 Å². The molecule has 1 saturated carbocycles. The molecule has 112 valence electrons. The van der Waals surface area contributed by atoms with E-state index in [1.165, 1.54) is 0 Å². The van der Waals surface area contributed by atoms with Crippen LogP contribution in [0.15, 0.2) is 22.7 Å². The first-order chi connectivity index (χ1) is 10.1. The van der Waals surface area contributed by atoms with E-state index in [9.17, 15) is 9.90 Å². The SMILES string of the molecule is O=C(O)C1(Cc2nc3ccc(Br)cc3[nH]2)CCCCCC1. The van der Waals surface area contributed by atoms with Gasteiger partial charge in [-0.15, -0.1) is 0 Å². The zero-order chi connectivity index (χ0) is 14.9. The van der Waals surface area contributed by atoms with Gasteiger partial charge in [-0.25, -0.2) is 4.98 Å². The number of rotatable bonds is 3. The van der Waals surface area contributed by atoms with Crippen LogP contribution in [0.5, 0.6) is 0 Å². The molecular weight excluding hydrogens is 332 g/mol. The highest BCUT2D eigenvalue weighted by Crippen LogP contribution is 2.38. The Balaban J connectivity index is 1.91. The van der Waals surface area contributed by atoms with Crippen LogP contribution in [0.3, 0.4) is 0 Å². The molecule has 2 N–H and O–H groups in total.